The number of hydrogen-bond donors (Lipinski definition) is 1. The second kappa shape index (κ2) is 6.30. The molecule has 104 valence electrons. The van der Waals surface area contributed by atoms with Gasteiger partial charge in [-0.1, -0.05) is 11.6 Å². The highest BCUT2D eigenvalue weighted by Crippen LogP contribution is 2.24. The minimum atomic E-state index is -0.260. The second-order valence-corrected chi connectivity index (χ2v) is 4.46. The number of nitrogens with one attached hydrogen (secondary N) is 1. The summed E-state index contributed by atoms with van der Waals surface area (Å²) >= 11 is 5.87. The van der Waals surface area contributed by atoms with Gasteiger partial charge in [0.25, 0.3) is 5.91 Å². The molecule has 0 radical (unpaired) electrons. The van der Waals surface area contributed by atoms with E-state index in [-0.39, 0.29) is 5.91 Å². The highest BCUT2D eigenvalue weighted by molar-refractivity contribution is 6.31. The van der Waals surface area contributed by atoms with Crippen LogP contribution in [-0.4, -0.2) is 20.1 Å². The number of methoxy groups -OCH3 is 2. The molecule has 20 heavy (non-hydrogen) atoms. The Morgan fingerprint density at radius 1 is 1.05 bits per heavy atom. The molecule has 1 amide bonds. The minimum Gasteiger partial charge on any atom is -0.497 e. The fourth-order valence-corrected chi connectivity index (χ4v) is 1.89. The van der Waals surface area contributed by atoms with Gasteiger partial charge in [0, 0.05) is 10.7 Å². The third kappa shape index (κ3) is 3.22. The first-order valence-electron chi connectivity index (χ1n) is 5.93. The van der Waals surface area contributed by atoms with Crippen molar-refractivity contribution < 1.29 is 14.3 Å². The Morgan fingerprint density at radius 2 is 1.75 bits per heavy atom. The predicted molar refractivity (Wildman–Crippen MR) is 79.0 cm³/mol. The summed E-state index contributed by atoms with van der Waals surface area (Å²) in [5.74, 6) is 0.902. The molecular formula is C15H14ClNO3. The summed E-state index contributed by atoms with van der Waals surface area (Å²) in [6.07, 6.45) is 0. The van der Waals surface area contributed by atoms with Crippen molar-refractivity contribution in [2.24, 2.45) is 0 Å². The van der Waals surface area contributed by atoms with Crippen LogP contribution in [0.2, 0.25) is 5.02 Å². The quantitative estimate of drug-likeness (QED) is 0.936. The van der Waals surface area contributed by atoms with Crippen molar-refractivity contribution in [2.75, 3.05) is 19.5 Å². The number of benzene rings is 2. The van der Waals surface area contributed by atoms with Crippen molar-refractivity contribution in [3.8, 4) is 11.5 Å². The molecule has 0 heterocycles. The van der Waals surface area contributed by atoms with Gasteiger partial charge in [-0.05, 0) is 42.5 Å². The Bertz CT molecular complexity index is 611. The Hall–Kier alpha value is -2.20. The maximum Gasteiger partial charge on any atom is 0.259 e. The van der Waals surface area contributed by atoms with Crippen molar-refractivity contribution in [3.63, 3.8) is 0 Å². The molecule has 0 unspecified atom stereocenters. The molecule has 0 saturated carbocycles. The van der Waals surface area contributed by atoms with Crippen LogP contribution < -0.4 is 14.8 Å². The van der Waals surface area contributed by atoms with E-state index in [9.17, 15) is 4.79 Å². The van der Waals surface area contributed by atoms with E-state index in [0.29, 0.717) is 22.0 Å². The highest BCUT2D eigenvalue weighted by Gasteiger charge is 2.12. The van der Waals surface area contributed by atoms with Gasteiger partial charge < -0.3 is 14.8 Å². The SMILES string of the molecule is COc1ccc(NC(=O)c2ccc(Cl)cc2OC)cc1. The van der Waals surface area contributed by atoms with Crippen LogP contribution in [-0.2, 0) is 0 Å². The van der Waals surface area contributed by atoms with Gasteiger partial charge in [0.2, 0.25) is 0 Å². The summed E-state index contributed by atoms with van der Waals surface area (Å²) < 4.78 is 10.2. The molecule has 0 atom stereocenters. The third-order valence-electron chi connectivity index (χ3n) is 2.76. The fraction of sp³-hybridized carbons (Fsp3) is 0.133. The molecule has 2 rings (SSSR count). The van der Waals surface area contributed by atoms with Crippen LogP contribution in [0.5, 0.6) is 11.5 Å². The van der Waals surface area contributed by atoms with Crippen molar-refractivity contribution in [1.29, 1.82) is 0 Å². The molecule has 4 nitrogen and oxygen atoms in total. The largest absolute Gasteiger partial charge is 0.497 e. The van der Waals surface area contributed by atoms with E-state index in [1.165, 1.54) is 7.11 Å². The monoisotopic (exact) mass is 291 g/mol. The predicted octanol–water partition coefficient (Wildman–Crippen LogP) is 3.61. The Morgan fingerprint density at radius 3 is 2.35 bits per heavy atom. The Kier molecular flexibility index (Phi) is 4.48. The summed E-state index contributed by atoms with van der Waals surface area (Å²) in [6, 6.07) is 11.9. The average Bonchev–Trinajstić information content (AvgIpc) is 2.47. The van der Waals surface area contributed by atoms with E-state index >= 15 is 0 Å². The maximum absolute atomic E-state index is 12.2. The number of amides is 1. The molecule has 1 N–H and O–H groups in total. The lowest BCUT2D eigenvalue weighted by atomic mass is 10.2. The smallest absolute Gasteiger partial charge is 0.259 e. The first kappa shape index (κ1) is 14.2. The number of halogens is 1. The number of hydrogen-bond acceptors (Lipinski definition) is 3. The van der Waals surface area contributed by atoms with Gasteiger partial charge in [0.1, 0.15) is 11.5 Å². The molecule has 0 spiro atoms. The number of carbonyl (C=O) groups excluding carboxylic acids is 1. The molecule has 0 saturated heterocycles. The zero-order chi connectivity index (χ0) is 14.5. The van der Waals surface area contributed by atoms with Crippen LogP contribution in [0.3, 0.4) is 0 Å². The van der Waals surface area contributed by atoms with Crippen molar-refractivity contribution >= 4 is 23.2 Å². The van der Waals surface area contributed by atoms with Crippen molar-refractivity contribution in [2.45, 2.75) is 0 Å². The topological polar surface area (TPSA) is 47.6 Å². The van der Waals surface area contributed by atoms with Crippen LogP contribution in [0.25, 0.3) is 0 Å². The lowest BCUT2D eigenvalue weighted by Gasteiger charge is -2.10. The number of anilines is 1. The van der Waals surface area contributed by atoms with Gasteiger partial charge in [-0.25, -0.2) is 0 Å². The second-order valence-electron chi connectivity index (χ2n) is 4.03. The molecule has 0 aliphatic carbocycles. The summed E-state index contributed by atoms with van der Waals surface area (Å²) in [4.78, 5) is 12.2. The summed E-state index contributed by atoms with van der Waals surface area (Å²) in [6.45, 7) is 0. The van der Waals surface area contributed by atoms with Gasteiger partial charge in [-0.3, -0.25) is 4.79 Å². The summed E-state index contributed by atoms with van der Waals surface area (Å²) in [7, 11) is 3.09. The lowest BCUT2D eigenvalue weighted by Crippen LogP contribution is -2.13. The van der Waals surface area contributed by atoms with Crippen molar-refractivity contribution in [3.05, 3.63) is 53.1 Å². The number of rotatable bonds is 4. The standard InChI is InChI=1S/C15H14ClNO3/c1-19-12-6-4-11(5-7-12)17-15(18)13-8-3-10(16)9-14(13)20-2/h3-9H,1-2H3,(H,17,18). The molecule has 2 aromatic carbocycles. The first-order valence-corrected chi connectivity index (χ1v) is 6.31. The molecule has 2 aromatic rings. The molecule has 0 aliphatic rings. The maximum atomic E-state index is 12.2. The van der Waals surface area contributed by atoms with Crippen LogP contribution in [0.1, 0.15) is 10.4 Å². The lowest BCUT2D eigenvalue weighted by molar-refractivity contribution is 0.102. The third-order valence-corrected chi connectivity index (χ3v) is 2.99. The van der Waals surface area contributed by atoms with Gasteiger partial charge in [-0.2, -0.15) is 0 Å². The average molecular weight is 292 g/mol. The first-order chi connectivity index (χ1) is 9.63. The number of ether oxygens (including phenoxy) is 2. The number of carbonyl (C=O) groups is 1. The molecule has 0 fully saturated rings. The van der Waals surface area contributed by atoms with E-state index in [0.717, 1.165) is 5.75 Å². The molecule has 5 heteroatoms. The van der Waals surface area contributed by atoms with Crippen LogP contribution in [0.4, 0.5) is 5.69 Å². The zero-order valence-electron chi connectivity index (χ0n) is 11.1. The summed E-state index contributed by atoms with van der Waals surface area (Å²) in [5.41, 5.74) is 1.10. The zero-order valence-corrected chi connectivity index (χ0v) is 11.9. The highest BCUT2D eigenvalue weighted by atomic mass is 35.5. The van der Waals surface area contributed by atoms with Gasteiger partial charge in [0.15, 0.2) is 0 Å². The summed E-state index contributed by atoms with van der Waals surface area (Å²) in [5, 5.41) is 3.30. The van der Waals surface area contributed by atoms with Crippen LogP contribution in [0, 0.1) is 0 Å². The fourth-order valence-electron chi connectivity index (χ4n) is 1.73. The van der Waals surface area contributed by atoms with Crippen LogP contribution in [0.15, 0.2) is 42.5 Å². The Labute approximate surface area is 122 Å². The molecule has 0 bridgehead atoms. The molecular weight excluding hydrogens is 278 g/mol. The van der Waals surface area contributed by atoms with E-state index in [1.807, 2.05) is 0 Å². The normalized spacial score (nSPS) is 9.95. The van der Waals surface area contributed by atoms with Gasteiger partial charge in [0.05, 0.1) is 19.8 Å². The van der Waals surface area contributed by atoms with E-state index < -0.39 is 0 Å². The molecule has 0 aliphatic heterocycles. The van der Waals surface area contributed by atoms with E-state index in [4.69, 9.17) is 21.1 Å². The van der Waals surface area contributed by atoms with Crippen LogP contribution >= 0.6 is 11.6 Å². The van der Waals surface area contributed by atoms with E-state index in [2.05, 4.69) is 5.32 Å². The van der Waals surface area contributed by atoms with Gasteiger partial charge in [-0.15, -0.1) is 0 Å². The minimum absolute atomic E-state index is 0.260. The van der Waals surface area contributed by atoms with Gasteiger partial charge >= 0.3 is 0 Å². The molecule has 0 aromatic heterocycles. The van der Waals surface area contributed by atoms with E-state index in [1.54, 1.807) is 49.6 Å². The Balaban J connectivity index is 2.19. The van der Waals surface area contributed by atoms with Crippen molar-refractivity contribution in [1.82, 2.24) is 0 Å².